The standard InChI is InChI=1S/C12H12FNO2/c1-16-12(15)7-6-9(8-14)10-4-2-3-5-11(10)13/h2-5,9H,6-7H2,1H3. The van der Waals surface area contributed by atoms with Gasteiger partial charge >= 0.3 is 5.97 Å². The van der Waals surface area contributed by atoms with Gasteiger partial charge in [-0.25, -0.2) is 4.39 Å². The minimum absolute atomic E-state index is 0.114. The van der Waals surface area contributed by atoms with E-state index in [0.29, 0.717) is 5.56 Å². The molecule has 1 aromatic carbocycles. The molecule has 0 radical (unpaired) electrons. The molecule has 1 aromatic rings. The van der Waals surface area contributed by atoms with Crippen molar-refractivity contribution in [1.82, 2.24) is 0 Å². The number of halogens is 1. The van der Waals surface area contributed by atoms with Gasteiger partial charge in [0.05, 0.1) is 19.1 Å². The summed E-state index contributed by atoms with van der Waals surface area (Å²) < 4.78 is 17.8. The molecule has 0 saturated carbocycles. The van der Waals surface area contributed by atoms with E-state index in [0.717, 1.165) is 0 Å². The lowest BCUT2D eigenvalue weighted by Gasteiger charge is -2.09. The monoisotopic (exact) mass is 221 g/mol. The Morgan fingerprint density at radius 3 is 2.81 bits per heavy atom. The van der Waals surface area contributed by atoms with E-state index in [9.17, 15) is 9.18 Å². The van der Waals surface area contributed by atoms with Gasteiger partial charge in [0.1, 0.15) is 5.82 Å². The first-order valence-corrected chi connectivity index (χ1v) is 4.90. The van der Waals surface area contributed by atoms with Crippen LogP contribution in [-0.4, -0.2) is 13.1 Å². The molecule has 1 rings (SSSR count). The van der Waals surface area contributed by atoms with Crippen molar-refractivity contribution in [1.29, 1.82) is 5.26 Å². The Balaban J connectivity index is 2.73. The number of hydrogen-bond donors (Lipinski definition) is 0. The number of nitrogens with zero attached hydrogens (tertiary/aromatic N) is 1. The molecule has 0 bridgehead atoms. The number of esters is 1. The second kappa shape index (κ2) is 5.86. The maximum absolute atomic E-state index is 13.4. The Labute approximate surface area is 93.5 Å². The van der Waals surface area contributed by atoms with E-state index in [1.807, 2.05) is 6.07 Å². The molecule has 0 spiro atoms. The number of carbonyl (C=O) groups excluding carboxylic acids is 1. The fraction of sp³-hybridized carbons (Fsp3) is 0.333. The Kier molecular flexibility index (Phi) is 4.46. The highest BCUT2D eigenvalue weighted by Crippen LogP contribution is 2.23. The Bertz CT molecular complexity index is 412. The zero-order chi connectivity index (χ0) is 12.0. The van der Waals surface area contributed by atoms with E-state index in [-0.39, 0.29) is 12.8 Å². The summed E-state index contributed by atoms with van der Waals surface area (Å²) in [4.78, 5) is 10.9. The Morgan fingerprint density at radius 1 is 1.56 bits per heavy atom. The summed E-state index contributed by atoms with van der Waals surface area (Å²) in [7, 11) is 1.28. The van der Waals surface area contributed by atoms with Crippen molar-refractivity contribution < 1.29 is 13.9 Å². The van der Waals surface area contributed by atoms with E-state index in [1.165, 1.54) is 13.2 Å². The highest BCUT2D eigenvalue weighted by Gasteiger charge is 2.16. The van der Waals surface area contributed by atoms with Gasteiger partial charge in [0, 0.05) is 12.0 Å². The van der Waals surface area contributed by atoms with Gasteiger partial charge in [-0.3, -0.25) is 4.79 Å². The van der Waals surface area contributed by atoms with Gasteiger partial charge in [-0.2, -0.15) is 5.26 Å². The topological polar surface area (TPSA) is 50.1 Å². The summed E-state index contributed by atoms with van der Waals surface area (Å²) in [5.41, 5.74) is 0.328. The largest absolute Gasteiger partial charge is 0.469 e. The van der Waals surface area contributed by atoms with Crippen LogP contribution in [0.5, 0.6) is 0 Å². The lowest BCUT2D eigenvalue weighted by atomic mass is 9.95. The predicted molar refractivity (Wildman–Crippen MR) is 56.0 cm³/mol. The van der Waals surface area contributed by atoms with Gasteiger partial charge in [-0.15, -0.1) is 0 Å². The zero-order valence-electron chi connectivity index (χ0n) is 8.94. The third-order valence-corrected chi connectivity index (χ3v) is 2.30. The fourth-order valence-electron chi connectivity index (χ4n) is 1.41. The highest BCUT2D eigenvalue weighted by molar-refractivity contribution is 5.69. The number of methoxy groups -OCH3 is 1. The van der Waals surface area contributed by atoms with E-state index in [2.05, 4.69) is 4.74 Å². The number of ether oxygens (including phenoxy) is 1. The minimum Gasteiger partial charge on any atom is -0.469 e. The summed E-state index contributed by atoms with van der Waals surface area (Å²) in [5, 5.41) is 8.92. The molecule has 16 heavy (non-hydrogen) atoms. The lowest BCUT2D eigenvalue weighted by molar-refractivity contribution is -0.140. The smallest absolute Gasteiger partial charge is 0.305 e. The van der Waals surface area contributed by atoms with Crippen LogP contribution in [-0.2, 0) is 9.53 Å². The van der Waals surface area contributed by atoms with Gasteiger partial charge in [0.2, 0.25) is 0 Å². The lowest BCUT2D eigenvalue weighted by Crippen LogP contribution is -2.05. The van der Waals surface area contributed by atoms with Crippen molar-refractivity contribution in [3.63, 3.8) is 0 Å². The summed E-state index contributed by atoms with van der Waals surface area (Å²) in [5.74, 6) is -1.42. The Hall–Kier alpha value is -1.89. The van der Waals surface area contributed by atoms with Crippen molar-refractivity contribution in [3.05, 3.63) is 35.6 Å². The molecule has 0 amide bonds. The molecule has 0 aliphatic rings. The molecule has 0 aliphatic heterocycles. The third kappa shape index (κ3) is 3.06. The van der Waals surface area contributed by atoms with Crippen LogP contribution in [0, 0.1) is 17.1 Å². The molecule has 0 fully saturated rings. The molecule has 84 valence electrons. The maximum Gasteiger partial charge on any atom is 0.305 e. The molecule has 0 N–H and O–H groups in total. The van der Waals surface area contributed by atoms with Crippen LogP contribution in [0.4, 0.5) is 4.39 Å². The molecular formula is C12H12FNO2. The van der Waals surface area contributed by atoms with Crippen molar-refractivity contribution in [2.24, 2.45) is 0 Å². The summed E-state index contributed by atoms with van der Waals surface area (Å²) >= 11 is 0. The number of nitriles is 1. The van der Waals surface area contributed by atoms with Crippen LogP contribution >= 0.6 is 0 Å². The molecular weight excluding hydrogens is 209 g/mol. The van der Waals surface area contributed by atoms with Crippen LogP contribution in [0.1, 0.15) is 24.3 Å². The van der Waals surface area contributed by atoms with Crippen LogP contribution in [0.3, 0.4) is 0 Å². The predicted octanol–water partition coefficient (Wildman–Crippen LogP) is 2.39. The molecule has 0 saturated heterocycles. The second-order valence-corrected chi connectivity index (χ2v) is 3.32. The molecule has 0 aliphatic carbocycles. The van der Waals surface area contributed by atoms with Crippen molar-refractivity contribution in [3.8, 4) is 6.07 Å². The molecule has 0 heterocycles. The zero-order valence-corrected chi connectivity index (χ0v) is 8.94. The number of benzene rings is 1. The SMILES string of the molecule is COC(=O)CCC(C#N)c1ccccc1F. The van der Waals surface area contributed by atoms with Gasteiger partial charge in [0.15, 0.2) is 0 Å². The van der Waals surface area contributed by atoms with Crippen LogP contribution in [0.25, 0.3) is 0 Å². The van der Waals surface area contributed by atoms with E-state index in [4.69, 9.17) is 5.26 Å². The molecule has 4 heteroatoms. The summed E-state index contributed by atoms with van der Waals surface area (Å²) in [6, 6.07) is 8.08. The molecule has 1 atom stereocenters. The normalized spacial score (nSPS) is 11.6. The average molecular weight is 221 g/mol. The van der Waals surface area contributed by atoms with Gasteiger partial charge in [-0.05, 0) is 12.5 Å². The van der Waals surface area contributed by atoms with Crippen LogP contribution in [0.2, 0.25) is 0 Å². The Morgan fingerprint density at radius 2 is 2.25 bits per heavy atom. The van der Waals surface area contributed by atoms with Gasteiger partial charge < -0.3 is 4.74 Å². The summed E-state index contributed by atoms with van der Waals surface area (Å²) in [6.45, 7) is 0. The number of hydrogen-bond acceptors (Lipinski definition) is 3. The quantitative estimate of drug-likeness (QED) is 0.733. The van der Waals surface area contributed by atoms with Gasteiger partial charge in [-0.1, -0.05) is 18.2 Å². The fourth-order valence-corrected chi connectivity index (χ4v) is 1.41. The second-order valence-electron chi connectivity index (χ2n) is 3.32. The van der Waals surface area contributed by atoms with E-state index >= 15 is 0 Å². The first-order chi connectivity index (χ1) is 7.69. The first-order valence-electron chi connectivity index (χ1n) is 4.90. The number of rotatable bonds is 4. The van der Waals surface area contributed by atoms with Crippen LogP contribution in [0.15, 0.2) is 24.3 Å². The third-order valence-electron chi connectivity index (χ3n) is 2.30. The van der Waals surface area contributed by atoms with Crippen molar-refractivity contribution in [2.45, 2.75) is 18.8 Å². The van der Waals surface area contributed by atoms with Gasteiger partial charge in [0.25, 0.3) is 0 Å². The number of carbonyl (C=O) groups is 1. The maximum atomic E-state index is 13.4. The van der Waals surface area contributed by atoms with Crippen molar-refractivity contribution >= 4 is 5.97 Å². The summed E-state index contributed by atoms with van der Waals surface area (Å²) in [6.07, 6.45) is 0.382. The molecule has 1 unspecified atom stereocenters. The van der Waals surface area contributed by atoms with Crippen LogP contribution < -0.4 is 0 Å². The minimum atomic E-state index is -0.611. The van der Waals surface area contributed by atoms with E-state index in [1.54, 1.807) is 18.2 Å². The molecule has 0 aromatic heterocycles. The first kappa shape index (κ1) is 12.2. The van der Waals surface area contributed by atoms with E-state index < -0.39 is 17.7 Å². The highest BCUT2D eigenvalue weighted by atomic mass is 19.1. The average Bonchev–Trinajstić information content (AvgIpc) is 2.31. The molecule has 3 nitrogen and oxygen atoms in total. The van der Waals surface area contributed by atoms with Crippen molar-refractivity contribution in [2.75, 3.05) is 7.11 Å².